The van der Waals surface area contributed by atoms with E-state index in [4.69, 9.17) is 0 Å². The van der Waals surface area contributed by atoms with Gasteiger partial charge in [-0.15, -0.1) is 0 Å². The van der Waals surface area contributed by atoms with Crippen LogP contribution in [0, 0.1) is 5.82 Å². The molecule has 2 rings (SSSR count). The number of nitrogens with zero attached hydrogens (tertiary/aromatic N) is 1. The van der Waals surface area contributed by atoms with Crippen molar-refractivity contribution in [2.45, 2.75) is 32.4 Å². The van der Waals surface area contributed by atoms with Crippen LogP contribution in [0.25, 0.3) is 0 Å². The van der Waals surface area contributed by atoms with Gasteiger partial charge in [-0.25, -0.2) is 4.39 Å². The molecule has 1 aliphatic rings. The van der Waals surface area contributed by atoms with Gasteiger partial charge in [0.1, 0.15) is 5.82 Å². The average molecular weight is 236 g/mol. The summed E-state index contributed by atoms with van der Waals surface area (Å²) in [6.07, 6.45) is 2.29. The van der Waals surface area contributed by atoms with Gasteiger partial charge in [-0.1, -0.05) is 25.1 Å². The SMILES string of the molecule is CCCN(Cc1ccccc1F)C1CCNC1. The highest BCUT2D eigenvalue weighted by Gasteiger charge is 2.22. The average Bonchev–Trinajstić information content (AvgIpc) is 2.85. The van der Waals surface area contributed by atoms with E-state index >= 15 is 0 Å². The minimum absolute atomic E-state index is 0.0837. The second-order valence-corrected chi connectivity index (χ2v) is 4.71. The molecule has 2 nitrogen and oxygen atoms in total. The van der Waals surface area contributed by atoms with Crippen LogP contribution in [0.15, 0.2) is 24.3 Å². The maximum atomic E-state index is 13.6. The number of hydrogen-bond donors (Lipinski definition) is 1. The summed E-state index contributed by atoms with van der Waals surface area (Å²) in [5.74, 6) is -0.0837. The normalized spacial score (nSPS) is 20.1. The molecule has 1 unspecified atom stereocenters. The molecule has 94 valence electrons. The van der Waals surface area contributed by atoms with Gasteiger partial charge in [0.05, 0.1) is 0 Å². The largest absolute Gasteiger partial charge is 0.315 e. The molecule has 0 amide bonds. The Hall–Kier alpha value is -0.930. The highest BCUT2D eigenvalue weighted by Crippen LogP contribution is 2.15. The first kappa shape index (κ1) is 12.5. The molecule has 1 aromatic carbocycles. The van der Waals surface area contributed by atoms with E-state index in [0.29, 0.717) is 6.04 Å². The Morgan fingerprint density at radius 2 is 2.24 bits per heavy atom. The molecule has 3 heteroatoms. The summed E-state index contributed by atoms with van der Waals surface area (Å²) in [6, 6.07) is 7.66. The standard InChI is InChI=1S/C14H21FN2/c1-2-9-17(13-7-8-16-10-13)11-12-5-3-4-6-14(12)15/h3-6,13,16H,2,7-11H2,1H3. The molecule has 1 aromatic rings. The number of hydrogen-bond acceptors (Lipinski definition) is 2. The molecule has 1 heterocycles. The van der Waals surface area contributed by atoms with E-state index in [9.17, 15) is 4.39 Å². The van der Waals surface area contributed by atoms with Crippen molar-refractivity contribution in [2.24, 2.45) is 0 Å². The highest BCUT2D eigenvalue weighted by atomic mass is 19.1. The molecule has 1 aliphatic heterocycles. The fraction of sp³-hybridized carbons (Fsp3) is 0.571. The third-order valence-corrected chi connectivity index (χ3v) is 3.39. The summed E-state index contributed by atoms with van der Waals surface area (Å²) < 4.78 is 13.6. The van der Waals surface area contributed by atoms with E-state index in [-0.39, 0.29) is 5.82 Å². The summed E-state index contributed by atoms with van der Waals surface area (Å²) in [5, 5.41) is 3.38. The van der Waals surface area contributed by atoms with Crippen molar-refractivity contribution in [3.05, 3.63) is 35.6 Å². The van der Waals surface area contributed by atoms with Gasteiger partial charge in [0.25, 0.3) is 0 Å². The monoisotopic (exact) mass is 236 g/mol. The predicted molar refractivity (Wildman–Crippen MR) is 68.4 cm³/mol. The first-order valence-electron chi connectivity index (χ1n) is 6.49. The quantitative estimate of drug-likeness (QED) is 0.844. The van der Waals surface area contributed by atoms with Crippen molar-refractivity contribution >= 4 is 0 Å². The maximum absolute atomic E-state index is 13.6. The van der Waals surface area contributed by atoms with Crippen LogP contribution >= 0.6 is 0 Å². The molecule has 1 atom stereocenters. The van der Waals surface area contributed by atoms with Crippen molar-refractivity contribution in [1.82, 2.24) is 10.2 Å². The predicted octanol–water partition coefficient (Wildman–Crippen LogP) is 2.40. The molecule has 0 aromatic heterocycles. The Labute approximate surface area is 103 Å². The minimum atomic E-state index is -0.0837. The zero-order valence-corrected chi connectivity index (χ0v) is 10.5. The highest BCUT2D eigenvalue weighted by molar-refractivity contribution is 5.17. The Morgan fingerprint density at radius 3 is 2.88 bits per heavy atom. The third-order valence-electron chi connectivity index (χ3n) is 3.39. The van der Waals surface area contributed by atoms with Gasteiger partial charge < -0.3 is 5.32 Å². The summed E-state index contributed by atoms with van der Waals surface area (Å²) in [5.41, 5.74) is 0.813. The molecule has 0 bridgehead atoms. The van der Waals surface area contributed by atoms with E-state index in [2.05, 4.69) is 17.1 Å². The minimum Gasteiger partial charge on any atom is -0.315 e. The summed E-state index contributed by atoms with van der Waals surface area (Å²) in [7, 11) is 0. The second-order valence-electron chi connectivity index (χ2n) is 4.71. The molecular weight excluding hydrogens is 215 g/mol. The lowest BCUT2D eigenvalue weighted by molar-refractivity contribution is 0.197. The molecule has 1 saturated heterocycles. The van der Waals surface area contributed by atoms with E-state index in [1.807, 2.05) is 12.1 Å². The van der Waals surface area contributed by atoms with Gasteiger partial charge in [0.15, 0.2) is 0 Å². The second kappa shape index (κ2) is 6.12. The molecule has 1 N–H and O–H groups in total. The van der Waals surface area contributed by atoms with Crippen molar-refractivity contribution in [1.29, 1.82) is 0 Å². The zero-order valence-electron chi connectivity index (χ0n) is 10.5. The van der Waals surface area contributed by atoms with Crippen molar-refractivity contribution in [2.75, 3.05) is 19.6 Å². The van der Waals surface area contributed by atoms with Crippen LogP contribution in [0.4, 0.5) is 4.39 Å². The Morgan fingerprint density at radius 1 is 1.41 bits per heavy atom. The molecule has 0 saturated carbocycles. The van der Waals surface area contributed by atoms with Gasteiger partial charge in [-0.2, -0.15) is 0 Å². The summed E-state index contributed by atoms with van der Waals surface area (Å²) in [4.78, 5) is 2.40. The van der Waals surface area contributed by atoms with E-state index < -0.39 is 0 Å². The van der Waals surface area contributed by atoms with Crippen molar-refractivity contribution in [3.8, 4) is 0 Å². The van der Waals surface area contributed by atoms with Gasteiger partial charge >= 0.3 is 0 Å². The van der Waals surface area contributed by atoms with E-state index in [1.54, 1.807) is 12.1 Å². The lowest BCUT2D eigenvalue weighted by atomic mass is 10.1. The van der Waals surface area contributed by atoms with Gasteiger partial charge in [-0.05, 0) is 32.0 Å². The van der Waals surface area contributed by atoms with Gasteiger partial charge in [0.2, 0.25) is 0 Å². The fourth-order valence-electron chi connectivity index (χ4n) is 2.47. The molecule has 0 aliphatic carbocycles. The molecular formula is C14H21FN2. The van der Waals surface area contributed by atoms with Crippen molar-refractivity contribution in [3.63, 3.8) is 0 Å². The molecule has 0 radical (unpaired) electrons. The van der Waals surface area contributed by atoms with Crippen LogP contribution in [0.1, 0.15) is 25.3 Å². The molecule has 1 fully saturated rings. The first-order valence-corrected chi connectivity index (χ1v) is 6.49. The molecule has 0 spiro atoms. The Kier molecular flexibility index (Phi) is 4.51. The lowest BCUT2D eigenvalue weighted by Crippen LogP contribution is -2.37. The summed E-state index contributed by atoms with van der Waals surface area (Å²) in [6.45, 7) is 6.07. The lowest BCUT2D eigenvalue weighted by Gasteiger charge is -2.28. The third kappa shape index (κ3) is 3.27. The van der Waals surface area contributed by atoms with Crippen LogP contribution in [-0.4, -0.2) is 30.6 Å². The van der Waals surface area contributed by atoms with Crippen LogP contribution in [0.5, 0.6) is 0 Å². The first-order chi connectivity index (χ1) is 8.31. The smallest absolute Gasteiger partial charge is 0.127 e. The number of halogens is 1. The Bertz CT molecular complexity index is 348. The van der Waals surface area contributed by atoms with E-state index in [1.165, 1.54) is 6.42 Å². The fourth-order valence-corrected chi connectivity index (χ4v) is 2.47. The van der Waals surface area contributed by atoms with Gasteiger partial charge in [0, 0.05) is 24.7 Å². The zero-order chi connectivity index (χ0) is 12.1. The van der Waals surface area contributed by atoms with Gasteiger partial charge in [-0.3, -0.25) is 4.90 Å². The maximum Gasteiger partial charge on any atom is 0.127 e. The number of nitrogens with one attached hydrogen (secondary N) is 1. The van der Waals surface area contributed by atoms with E-state index in [0.717, 1.165) is 38.2 Å². The van der Waals surface area contributed by atoms with Crippen LogP contribution in [-0.2, 0) is 6.54 Å². The Balaban J connectivity index is 2.04. The summed E-state index contributed by atoms with van der Waals surface area (Å²) >= 11 is 0. The van der Waals surface area contributed by atoms with Crippen LogP contribution in [0.2, 0.25) is 0 Å². The van der Waals surface area contributed by atoms with Crippen LogP contribution < -0.4 is 5.32 Å². The topological polar surface area (TPSA) is 15.3 Å². The number of rotatable bonds is 5. The number of benzene rings is 1. The molecule has 17 heavy (non-hydrogen) atoms. The van der Waals surface area contributed by atoms with Crippen molar-refractivity contribution < 1.29 is 4.39 Å². The van der Waals surface area contributed by atoms with Crippen LogP contribution in [0.3, 0.4) is 0 Å².